The van der Waals surface area contributed by atoms with Crippen LogP contribution in [0.25, 0.3) is 10.8 Å². The van der Waals surface area contributed by atoms with Gasteiger partial charge in [-0.15, -0.1) is 0 Å². The molecule has 5 aliphatic heterocycles. The van der Waals surface area contributed by atoms with Crippen LogP contribution in [0.2, 0.25) is 0 Å². The molecule has 5 aliphatic rings. The fourth-order valence-electron chi connectivity index (χ4n) is 14.3. The molecule has 10 aromatic heterocycles. The number of nitrogen functional groups attached to an aromatic ring is 5. The van der Waals surface area contributed by atoms with Crippen LogP contribution in [0.1, 0.15) is 213 Å². The van der Waals surface area contributed by atoms with Crippen molar-refractivity contribution in [1.29, 1.82) is 0 Å². The molecule has 0 saturated carbocycles. The Kier molecular flexibility index (Phi) is 30.5. The molecule has 0 aliphatic carbocycles. The molecule has 0 saturated heterocycles. The van der Waals surface area contributed by atoms with Crippen LogP contribution in [-0.2, 0) is 64.8 Å². The van der Waals surface area contributed by atoms with Crippen LogP contribution in [-0.4, -0.2) is 189 Å². The van der Waals surface area contributed by atoms with E-state index < -0.39 is 0 Å². The topological polar surface area (TPSA) is 512 Å². The predicted octanol–water partition coefficient (Wildman–Crippen LogP) is 10.2. The van der Waals surface area contributed by atoms with Gasteiger partial charge in [0.25, 0.3) is 29.5 Å². The van der Waals surface area contributed by atoms with Crippen LogP contribution in [0.15, 0.2) is 98.1 Å². The minimum atomic E-state index is -0.165. The van der Waals surface area contributed by atoms with E-state index >= 15 is 0 Å². The first-order valence-corrected chi connectivity index (χ1v) is 42.2. The Labute approximate surface area is 705 Å². The molecule has 638 valence electrons. The van der Waals surface area contributed by atoms with Crippen LogP contribution >= 0.6 is 11.3 Å². The van der Waals surface area contributed by atoms with Gasteiger partial charge in [0.1, 0.15) is 53.1 Å². The molecule has 0 radical (unpaired) electrons. The minimum absolute atomic E-state index is 0.0632. The van der Waals surface area contributed by atoms with Crippen LogP contribution < -0.4 is 55.3 Å². The van der Waals surface area contributed by atoms with Gasteiger partial charge in [0.15, 0.2) is 29.9 Å². The van der Waals surface area contributed by atoms with Gasteiger partial charge in [0.2, 0.25) is 29.7 Å². The highest BCUT2D eigenvalue weighted by molar-refractivity contribution is 7.08. The van der Waals surface area contributed by atoms with Gasteiger partial charge in [0.05, 0.1) is 66.8 Å². The van der Waals surface area contributed by atoms with Gasteiger partial charge >= 0.3 is 0 Å². The first-order valence-electron chi connectivity index (χ1n) is 41.3. The second kappa shape index (κ2) is 42.4. The lowest BCUT2D eigenvalue weighted by Crippen LogP contribution is -2.37. The summed E-state index contributed by atoms with van der Waals surface area (Å²) in [6, 6.07) is 13.2. The standard InChI is InChI=1S/C21H24N6O.C16H22N6O2.C16H21N5OS.2C15H20N6O2/c1-2-3-10-24-19-16-9-12-27(13-17(16)25-21(22)26-19)20(28)18-15-7-5-4-6-14(15)8-11-23-18;1-3-4-6-18-14-11-9-22(7-5-12(11)19-16(17)20-14)15(23)13-8-10(2)24-21-13;1-2-3-6-18-14-12-9-21(15(22)11-5-8-23-10-11)7-4-13(12)19-16(17)20-14;1-2-3-5-17-13-10-7-21(14(22)12-8-23-9-18-12)6-4-11(10)19-15(16)20-13;1-2-3-5-17-13-10-4-6-21(7-11(10)19-15(16)20-13)14(22)12-8-23-9-18-12/h4-8,11H,2-3,9-10,12-13H2,1H3,(H3,22,24,25,26);8H,3-7,9H2,1-2H3,(H3,17,18,19,20);5,8,10H,2-4,6-7,9H2,1H3,(H3,17,18,19,20);2*8-9H,2-7H2,1H3,(H3,16,17,19,20). The number of pyridine rings is 1. The monoisotopic (exact) mass is 1670 g/mol. The SMILES string of the molecule is CCCCNc1nc(N)nc2c1CCN(C(=O)c1cocn1)C2.CCCCNc1nc(N)nc2c1CCN(C(=O)c1nccc3ccccc13)C2.CCCCNc1nc(N)nc2c1CN(C(=O)c1cc(C)on1)CC2.CCCCNc1nc(N)nc2c1CN(C(=O)c1ccsc1)CC2.CCCCNc1nc(N)nc2c1CN(C(=O)c1cocn1)CC2. The summed E-state index contributed by atoms with van der Waals surface area (Å²) in [7, 11) is 0. The zero-order chi connectivity index (χ0) is 85.3. The molecule has 15 N–H and O–H groups in total. The van der Waals surface area contributed by atoms with E-state index in [9.17, 15) is 24.0 Å². The number of oxazole rings is 2. The summed E-state index contributed by atoms with van der Waals surface area (Å²) < 4.78 is 14.8. The van der Waals surface area contributed by atoms with Gasteiger partial charge < -0.3 is 93.1 Å². The largest absolute Gasteiger partial charge is 0.451 e. The van der Waals surface area contributed by atoms with E-state index in [0.717, 1.165) is 199 Å². The lowest BCUT2D eigenvalue weighted by molar-refractivity contribution is 0.0716. The van der Waals surface area contributed by atoms with Crippen molar-refractivity contribution < 1.29 is 37.3 Å². The van der Waals surface area contributed by atoms with Gasteiger partial charge in [-0.05, 0) is 74.8 Å². The van der Waals surface area contributed by atoms with E-state index in [2.05, 4.69) is 131 Å². The van der Waals surface area contributed by atoms with Crippen LogP contribution in [0, 0.1) is 6.92 Å². The van der Waals surface area contributed by atoms with Gasteiger partial charge in [-0.25, -0.2) is 34.9 Å². The first-order chi connectivity index (χ1) is 58.8. The number of thiophene rings is 1. The van der Waals surface area contributed by atoms with E-state index in [1.165, 1.54) is 36.7 Å². The number of amides is 5. The molecule has 37 nitrogen and oxygen atoms in total. The predicted molar refractivity (Wildman–Crippen MR) is 462 cm³/mol. The van der Waals surface area contributed by atoms with E-state index in [1.807, 2.05) is 52.1 Å². The number of aryl methyl sites for hydroxylation is 1. The van der Waals surface area contributed by atoms with Gasteiger partial charge in [-0.2, -0.15) is 36.3 Å². The Morgan fingerprint density at radius 2 is 0.785 bits per heavy atom. The van der Waals surface area contributed by atoms with Crippen molar-refractivity contribution >= 4 is 110 Å². The van der Waals surface area contributed by atoms with Crippen LogP contribution in [0.3, 0.4) is 0 Å². The Hall–Kier alpha value is -13.3. The molecule has 0 fully saturated rings. The fraction of sp³-hybridized carbons (Fsp3) is 0.434. The number of unbranched alkanes of at least 4 members (excludes halogenated alkanes) is 5. The summed E-state index contributed by atoms with van der Waals surface area (Å²) >= 11 is 1.54. The number of fused-ring (bicyclic) bond motifs is 6. The number of benzene rings is 1. The summed E-state index contributed by atoms with van der Waals surface area (Å²) in [5.74, 6) is 5.20. The van der Waals surface area contributed by atoms with E-state index in [0.29, 0.717) is 132 Å². The summed E-state index contributed by atoms with van der Waals surface area (Å²) in [6.07, 6.45) is 21.1. The maximum absolute atomic E-state index is 13.2. The van der Waals surface area contributed by atoms with Crippen LogP contribution in [0.4, 0.5) is 58.8 Å². The Morgan fingerprint density at radius 3 is 1.17 bits per heavy atom. The van der Waals surface area contributed by atoms with Crippen molar-refractivity contribution in [2.45, 2.75) is 171 Å². The summed E-state index contributed by atoms with van der Waals surface area (Å²) in [6.45, 7) is 21.8. The van der Waals surface area contributed by atoms with Gasteiger partial charge in [0, 0.05) is 136 Å². The normalized spacial score (nSPS) is 13.6. The lowest BCUT2D eigenvalue weighted by atomic mass is 10.0. The highest BCUT2D eigenvalue weighted by Gasteiger charge is 2.33. The zero-order valence-electron chi connectivity index (χ0n) is 69.4. The van der Waals surface area contributed by atoms with Crippen molar-refractivity contribution in [3.8, 4) is 0 Å². The number of rotatable bonds is 25. The molecule has 0 spiro atoms. The number of aromatic nitrogens is 14. The third-order valence-electron chi connectivity index (χ3n) is 20.7. The zero-order valence-corrected chi connectivity index (χ0v) is 70.2. The molecule has 121 heavy (non-hydrogen) atoms. The lowest BCUT2D eigenvalue weighted by Gasteiger charge is -2.29. The second-order valence-corrected chi connectivity index (χ2v) is 30.3. The maximum atomic E-state index is 13.2. The van der Waals surface area contributed by atoms with Crippen molar-refractivity contribution in [2.24, 2.45) is 0 Å². The number of nitrogens with two attached hydrogens (primary N) is 5. The molecule has 16 rings (SSSR count). The minimum Gasteiger partial charge on any atom is -0.451 e. The van der Waals surface area contributed by atoms with Crippen molar-refractivity contribution in [1.82, 2.24) is 94.4 Å². The molecule has 5 amide bonds. The van der Waals surface area contributed by atoms with Crippen molar-refractivity contribution in [3.05, 3.63) is 175 Å². The third-order valence-corrected chi connectivity index (χ3v) is 21.4. The highest BCUT2D eigenvalue weighted by Crippen LogP contribution is 2.33. The smallest absolute Gasteiger partial charge is 0.276 e. The molecular weight excluding hydrogens is 1560 g/mol. The summed E-state index contributed by atoms with van der Waals surface area (Å²) in [4.78, 5) is 127. The number of carbonyl (C=O) groups excluding carboxylic acids is 5. The molecule has 11 aromatic rings. The summed E-state index contributed by atoms with van der Waals surface area (Å²) in [5, 5.41) is 26.1. The number of hydrogen-bond donors (Lipinski definition) is 10. The fourth-order valence-corrected chi connectivity index (χ4v) is 14.9. The highest BCUT2D eigenvalue weighted by atomic mass is 32.1. The number of nitrogens with zero attached hydrogens (tertiary/aromatic N) is 19. The maximum Gasteiger partial charge on any atom is 0.276 e. The number of nitrogens with one attached hydrogen (secondary N) is 5. The Balaban J connectivity index is 0.000000139. The van der Waals surface area contributed by atoms with Crippen molar-refractivity contribution in [3.63, 3.8) is 0 Å². The van der Waals surface area contributed by atoms with E-state index in [4.69, 9.17) is 42.0 Å². The first kappa shape index (κ1) is 87.0. The molecule has 15 heterocycles. The molecule has 1 aromatic carbocycles. The quantitative estimate of drug-likeness (QED) is 0.0238. The number of carbonyl (C=O) groups is 5. The van der Waals surface area contributed by atoms with Gasteiger partial charge in [-0.3, -0.25) is 29.0 Å². The van der Waals surface area contributed by atoms with Gasteiger partial charge in [-0.1, -0.05) is 96.1 Å². The average Bonchev–Trinajstić information content (AvgIpc) is 1.10. The second-order valence-electron chi connectivity index (χ2n) is 29.5. The molecular formula is C83H107N29O8S. The number of anilines is 10. The summed E-state index contributed by atoms with van der Waals surface area (Å²) in [5.41, 5.74) is 40.6. The Morgan fingerprint density at radius 1 is 0.413 bits per heavy atom. The van der Waals surface area contributed by atoms with E-state index in [-0.39, 0.29) is 53.3 Å². The van der Waals surface area contributed by atoms with E-state index in [1.54, 1.807) is 38.8 Å². The Bertz CT molecular complexity index is 5200. The molecule has 38 heteroatoms. The molecule has 0 bridgehead atoms. The third kappa shape index (κ3) is 22.6. The average molecular weight is 1670 g/mol. The molecule has 0 unspecified atom stereocenters. The van der Waals surface area contributed by atoms with Crippen molar-refractivity contribution in [2.75, 3.05) is 121 Å². The van der Waals surface area contributed by atoms with Crippen LogP contribution in [0.5, 0.6) is 0 Å². The molecule has 0 atom stereocenters. The number of hydrogen-bond acceptors (Lipinski definition) is 33.